The van der Waals surface area contributed by atoms with Crippen LogP contribution in [0.2, 0.25) is 0 Å². The molecule has 0 aliphatic carbocycles. The van der Waals surface area contributed by atoms with Gasteiger partial charge in [-0.25, -0.2) is 4.39 Å². The summed E-state index contributed by atoms with van der Waals surface area (Å²) in [5.41, 5.74) is 7.40. The summed E-state index contributed by atoms with van der Waals surface area (Å²) >= 11 is 0. The lowest BCUT2D eigenvalue weighted by molar-refractivity contribution is -0.0505. The van der Waals surface area contributed by atoms with Crippen molar-refractivity contribution in [3.8, 4) is 5.75 Å². The number of para-hydroxylation sites is 1. The summed E-state index contributed by atoms with van der Waals surface area (Å²) in [6, 6.07) is 10.1. The van der Waals surface area contributed by atoms with E-state index in [9.17, 15) is 13.2 Å². The van der Waals surface area contributed by atoms with E-state index in [1.807, 2.05) is 0 Å². The van der Waals surface area contributed by atoms with E-state index >= 15 is 0 Å². The molecule has 0 amide bonds. The first-order valence-corrected chi connectivity index (χ1v) is 6.04. The van der Waals surface area contributed by atoms with Gasteiger partial charge in [-0.05, 0) is 30.2 Å². The Morgan fingerprint density at radius 1 is 1.10 bits per heavy atom. The highest BCUT2D eigenvalue weighted by Crippen LogP contribution is 2.29. The van der Waals surface area contributed by atoms with Crippen LogP contribution in [0, 0.1) is 12.7 Å². The topological polar surface area (TPSA) is 35.2 Å². The number of hydrogen-bond acceptors (Lipinski definition) is 2. The van der Waals surface area contributed by atoms with Crippen LogP contribution in [0.15, 0.2) is 42.5 Å². The molecule has 2 nitrogen and oxygen atoms in total. The predicted molar refractivity (Wildman–Crippen MR) is 70.2 cm³/mol. The molecule has 1 atom stereocenters. The molecule has 0 saturated carbocycles. The van der Waals surface area contributed by atoms with Gasteiger partial charge in [-0.3, -0.25) is 0 Å². The van der Waals surface area contributed by atoms with E-state index in [4.69, 9.17) is 5.73 Å². The molecule has 0 fully saturated rings. The third-order valence-corrected chi connectivity index (χ3v) is 3.03. The van der Waals surface area contributed by atoms with Crippen LogP contribution in [0.3, 0.4) is 0 Å². The van der Waals surface area contributed by atoms with E-state index in [-0.39, 0.29) is 11.6 Å². The molecule has 5 heteroatoms. The average Bonchev–Trinajstić information content (AvgIpc) is 2.41. The van der Waals surface area contributed by atoms with Crippen LogP contribution in [0.5, 0.6) is 5.75 Å². The van der Waals surface area contributed by atoms with E-state index in [1.54, 1.807) is 37.3 Å². The number of benzene rings is 2. The van der Waals surface area contributed by atoms with Crippen molar-refractivity contribution < 1.29 is 17.9 Å². The molecule has 0 saturated heterocycles. The normalized spacial score (nSPS) is 12.5. The molecule has 2 rings (SSSR count). The van der Waals surface area contributed by atoms with Crippen LogP contribution < -0.4 is 10.5 Å². The van der Waals surface area contributed by atoms with Gasteiger partial charge < -0.3 is 10.5 Å². The van der Waals surface area contributed by atoms with Gasteiger partial charge in [0.05, 0.1) is 6.04 Å². The van der Waals surface area contributed by atoms with Crippen molar-refractivity contribution in [2.75, 3.05) is 0 Å². The highest BCUT2D eigenvalue weighted by Gasteiger charge is 2.17. The number of nitrogens with two attached hydrogens (primary N) is 1. The summed E-state index contributed by atoms with van der Waals surface area (Å²) in [4.78, 5) is 0. The summed E-state index contributed by atoms with van der Waals surface area (Å²) in [6.07, 6.45) is 0. The number of rotatable bonds is 4. The lowest BCUT2D eigenvalue weighted by atomic mass is 9.97. The van der Waals surface area contributed by atoms with Crippen LogP contribution in [0.25, 0.3) is 0 Å². The van der Waals surface area contributed by atoms with E-state index in [0.717, 1.165) is 0 Å². The minimum atomic E-state index is -2.93. The van der Waals surface area contributed by atoms with E-state index in [2.05, 4.69) is 4.74 Å². The molecule has 2 N–H and O–H groups in total. The lowest BCUT2D eigenvalue weighted by Gasteiger charge is -2.17. The van der Waals surface area contributed by atoms with Crippen LogP contribution in [-0.4, -0.2) is 6.61 Å². The SMILES string of the molecule is Cc1ccc(C(N)c2ccccc2OC(F)F)cc1F. The summed E-state index contributed by atoms with van der Waals surface area (Å²) < 4.78 is 42.7. The minimum absolute atomic E-state index is 0.00372. The van der Waals surface area contributed by atoms with Crippen molar-refractivity contribution in [1.29, 1.82) is 0 Å². The van der Waals surface area contributed by atoms with Gasteiger partial charge in [0.15, 0.2) is 0 Å². The largest absolute Gasteiger partial charge is 0.434 e. The molecule has 106 valence electrons. The zero-order valence-corrected chi connectivity index (χ0v) is 10.8. The molecule has 2 aromatic rings. The van der Waals surface area contributed by atoms with E-state index in [1.165, 1.54) is 12.1 Å². The minimum Gasteiger partial charge on any atom is -0.434 e. The van der Waals surface area contributed by atoms with Crippen molar-refractivity contribution in [2.45, 2.75) is 19.6 Å². The van der Waals surface area contributed by atoms with Crippen LogP contribution in [0.1, 0.15) is 22.7 Å². The predicted octanol–water partition coefficient (Wildman–Crippen LogP) is 3.78. The van der Waals surface area contributed by atoms with Gasteiger partial charge in [0, 0.05) is 5.56 Å². The zero-order chi connectivity index (χ0) is 14.7. The summed E-state index contributed by atoms with van der Waals surface area (Å²) in [7, 11) is 0. The van der Waals surface area contributed by atoms with Gasteiger partial charge in [-0.2, -0.15) is 8.78 Å². The lowest BCUT2D eigenvalue weighted by Crippen LogP contribution is -2.15. The molecule has 0 aliphatic rings. The molecular formula is C15H14F3NO. The molecule has 0 radical (unpaired) electrons. The van der Waals surface area contributed by atoms with Gasteiger partial charge in [-0.1, -0.05) is 30.3 Å². The molecule has 20 heavy (non-hydrogen) atoms. The highest BCUT2D eigenvalue weighted by molar-refractivity contribution is 5.42. The molecule has 2 aromatic carbocycles. The summed E-state index contributed by atoms with van der Waals surface area (Å²) in [5.74, 6) is -0.388. The van der Waals surface area contributed by atoms with Crippen LogP contribution >= 0.6 is 0 Å². The Morgan fingerprint density at radius 3 is 2.45 bits per heavy atom. The molecule has 0 aliphatic heterocycles. The van der Waals surface area contributed by atoms with E-state index < -0.39 is 12.7 Å². The van der Waals surface area contributed by atoms with Gasteiger partial charge in [-0.15, -0.1) is 0 Å². The number of halogens is 3. The number of alkyl halides is 2. The molecule has 0 spiro atoms. The second-order valence-electron chi connectivity index (χ2n) is 4.40. The Balaban J connectivity index is 2.37. The maximum absolute atomic E-state index is 13.6. The Labute approximate surface area is 115 Å². The zero-order valence-electron chi connectivity index (χ0n) is 10.8. The Hall–Kier alpha value is -2.01. The first kappa shape index (κ1) is 14.4. The Morgan fingerprint density at radius 2 is 1.80 bits per heavy atom. The maximum Gasteiger partial charge on any atom is 0.387 e. The fourth-order valence-corrected chi connectivity index (χ4v) is 1.92. The van der Waals surface area contributed by atoms with Gasteiger partial charge in [0.2, 0.25) is 0 Å². The smallest absolute Gasteiger partial charge is 0.387 e. The Kier molecular flexibility index (Phi) is 4.29. The first-order valence-electron chi connectivity index (χ1n) is 6.04. The molecule has 0 heterocycles. The number of hydrogen-bond donors (Lipinski definition) is 1. The van der Waals surface area contributed by atoms with Crippen molar-refractivity contribution >= 4 is 0 Å². The fraction of sp³-hybridized carbons (Fsp3) is 0.200. The van der Waals surface area contributed by atoms with Gasteiger partial charge >= 0.3 is 6.61 Å². The maximum atomic E-state index is 13.6. The van der Waals surface area contributed by atoms with Gasteiger partial charge in [0.1, 0.15) is 11.6 Å². The molecule has 0 bridgehead atoms. The summed E-state index contributed by atoms with van der Waals surface area (Å²) in [6.45, 7) is -1.29. The fourth-order valence-electron chi connectivity index (χ4n) is 1.92. The van der Waals surface area contributed by atoms with Crippen molar-refractivity contribution in [3.05, 3.63) is 65.0 Å². The Bertz CT molecular complexity index is 601. The van der Waals surface area contributed by atoms with E-state index in [0.29, 0.717) is 16.7 Å². The molecular weight excluding hydrogens is 267 g/mol. The van der Waals surface area contributed by atoms with Crippen molar-refractivity contribution in [1.82, 2.24) is 0 Å². The molecule has 1 unspecified atom stereocenters. The molecule has 0 aromatic heterocycles. The highest BCUT2D eigenvalue weighted by atomic mass is 19.3. The summed E-state index contributed by atoms with van der Waals surface area (Å²) in [5, 5.41) is 0. The average molecular weight is 281 g/mol. The monoisotopic (exact) mass is 281 g/mol. The third kappa shape index (κ3) is 3.11. The standard InChI is InChI=1S/C15H14F3NO/c1-9-6-7-10(8-12(9)16)14(19)11-4-2-3-5-13(11)20-15(17)18/h2-8,14-15H,19H2,1H3. The first-order chi connectivity index (χ1) is 9.49. The number of aryl methyl sites for hydroxylation is 1. The second-order valence-corrected chi connectivity index (χ2v) is 4.40. The third-order valence-electron chi connectivity index (χ3n) is 3.03. The second kappa shape index (κ2) is 5.96. The number of ether oxygens (including phenoxy) is 1. The van der Waals surface area contributed by atoms with Gasteiger partial charge in [0.25, 0.3) is 0 Å². The van der Waals surface area contributed by atoms with Crippen LogP contribution in [0.4, 0.5) is 13.2 Å². The van der Waals surface area contributed by atoms with Crippen molar-refractivity contribution in [2.24, 2.45) is 5.73 Å². The van der Waals surface area contributed by atoms with Crippen LogP contribution in [-0.2, 0) is 0 Å². The van der Waals surface area contributed by atoms with Crippen molar-refractivity contribution in [3.63, 3.8) is 0 Å². The quantitative estimate of drug-likeness (QED) is 0.925.